The SMILES string of the molecule is CN(CC1(C(=O)O)CCCCC1)C1CCCC1. The number of carbonyl (C=O) groups is 1. The molecule has 0 atom stereocenters. The summed E-state index contributed by atoms with van der Waals surface area (Å²) in [5, 5.41) is 9.55. The average Bonchev–Trinajstić information content (AvgIpc) is 2.83. The van der Waals surface area contributed by atoms with Gasteiger partial charge in [-0.2, -0.15) is 0 Å². The molecule has 0 unspecified atom stereocenters. The van der Waals surface area contributed by atoms with Crippen LogP contribution in [-0.4, -0.2) is 35.6 Å². The van der Waals surface area contributed by atoms with E-state index in [-0.39, 0.29) is 0 Å². The molecule has 2 fully saturated rings. The van der Waals surface area contributed by atoms with Gasteiger partial charge in [0.15, 0.2) is 0 Å². The molecule has 0 heterocycles. The minimum absolute atomic E-state index is 0.449. The Balaban J connectivity index is 1.98. The lowest BCUT2D eigenvalue weighted by atomic mass is 9.73. The molecule has 3 heteroatoms. The van der Waals surface area contributed by atoms with Gasteiger partial charge in [0, 0.05) is 12.6 Å². The molecular formula is C14H25NO2. The summed E-state index contributed by atoms with van der Waals surface area (Å²) in [5.74, 6) is -0.568. The van der Waals surface area contributed by atoms with Gasteiger partial charge in [0.25, 0.3) is 0 Å². The number of aliphatic carboxylic acids is 1. The van der Waals surface area contributed by atoms with Gasteiger partial charge < -0.3 is 10.0 Å². The Morgan fingerprint density at radius 2 is 1.76 bits per heavy atom. The van der Waals surface area contributed by atoms with E-state index in [4.69, 9.17) is 0 Å². The van der Waals surface area contributed by atoms with Crippen LogP contribution in [0, 0.1) is 5.41 Å². The Kier molecular flexibility index (Phi) is 4.08. The fourth-order valence-electron chi connectivity index (χ4n) is 3.62. The summed E-state index contributed by atoms with van der Waals surface area (Å²) in [7, 11) is 2.12. The van der Waals surface area contributed by atoms with Gasteiger partial charge >= 0.3 is 5.97 Å². The summed E-state index contributed by atoms with van der Waals surface area (Å²) in [6.07, 6.45) is 10.3. The topological polar surface area (TPSA) is 40.5 Å². The van der Waals surface area contributed by atoms with E-state index in [0.717, 1.165) is 32.2 Å². The molecule has 0 aromatic carbocycles. The molecule has 98 valence electrons. The highest BCUT2D eigenvalue weighted by atomic mass is 16.4. The Bertz CT molecular complexity index is 265. The third-order valence-corrected chi connectivity index (χ3v) is 4.76. The van der Waals surface area contributed by atoms with Crippen LogP contribution in [0.4, 0.5) is 0 Å². The Hall–Kier alpha value is -0.570. The maximum Gasteiger partial charge on any atom is 0.310 e. The molecule has 1 N–H and O–H groups in total. The van der Waals surface area contributed by atoms with Gasteiger partial charge in [0.1, 0.15) is 0 Å². The summed E-state index contributed by atoms with van der Waals surface area (Å²) < 4.78 is 0. The Labute approximate surface area is 104 Å². The molecule has 0 aromatic rings. The zero-order valence-corrected chi connectivity index (χ0v) is 11.0. The highest BCUT2D eigenvalue weighted by Crippen LogP contribution is 2.38. The fourth-order valence-corrected chi connectivity index (χ4v) is 3.62. The van der Waals surface area contributed by atoms with Crippen LogP contribution < -0.4 is 0 Å². The average molecular weight is 239 g/mol. The van der Waals surface area contributed by atoms with Gasteiger partial charge in [0.05, 0.1) is 5.41 Å². The van der Waals surface area contributed by atoms with Gasteiger partial charge in [-0.15, -0.1) is 0 Å². The van der Waals surface area contributed by atoms with Gasteiger partial charge in [0.2, 0.25) is 0 Å². The molecule has 0 saturated heterocycles. The number of carboxylic acids is 1. The predicted molar refractivity (Wildman–Crippen MR) is 68.0 cm³/mol. The summed E-state index contributed by atoms with van der Waals surface area (Å²) in [6, 6.07) is 0.633. The smallest absolute Gasteiger partial charge is 0.310 e. The van der Waals surface area contributed by atoms with Crippen molar-refractivity contribution < 1.29 is 9.90 Å². The summed E-state index contributed by atoms with van der Waals surface area (Å²) >= 11 is 0. The second-order valence-electron chi connectivity index (χ2n) is 6.00. The van der Waals surface area contributed by atoms with Crippen molar-refractivity contribution in [1.82, 2.24) is 4.90 Å². The van der Waals surface area contributed by atoms with Crippen LogP contribution in [-0.2, 0) is 4.79 Å². The molecule has 0 spiro atoms. The quantitative estimate of drug-likeness (QED) is 0.820. The van der Waals surface area contributed by atoms with Crippen molar-refractivity contribution in [2.24, 2.45) is 5.41 Å². The largest absolute Gasteiger partial charge is 0.481 e. The molecular weight excluding hydrogens is 214 g/mol. The highest BCUT2D eigenvalue weighted by Gasteiger charge is 2.41. The molecule has 0 radical (unpaired) electrons. The maximum absolute atomic E-state index is 11.6. The number of hydrogen-bond acceptors (Lipinski definition) is 2. The van der Waals surface area contributed by atoms with Gasteiger partial charge in [-0.3, -0.25) is 4.79 Å². The lowest BCUT2D eigenvalue weighted by Crippen LogP contribution is -2.45. The van der Waals surface area contributed by atoms with Crippen molar-refractivity contribution in [2.45, 2.75) is 63.8 Å². The third-order valence-electron chi connectivity index (χ3n) is 4.76. The van der Waals surface area contributed by atoms with E-state index in [0.29, 0.717) is 6.04 Å². The normalized spacial score (nSPS) is 25.3. The van der Waals surface area contributed by atoms with Crippen LogP contribution in [0.2, 0.25) is 0 Å². The minimum Gasteiger partial charge on any atom is -0.481 e. The van der Waals surface area contributed by atoms with Crippen LogP contribution in [0.15, 0.2) is 0 Å². The Morgan fingerprint density at radius 1 is 1.18 bits per heavy atom. The molecule has 2 saturated carbocycles. The molecule has 2 aliphatic carbocycles. The first-order valence-electron chi connectivity index (χ1n) is 7.08. The van der Waals surface area contributed by atoms with Gasteiger partial charge in [-0.25, -0.2) is 0 Å². The number of hydrogen-bond donors (Lipinski definition) is 1. The molecule has 2 rings (SSSR count). The molecule has 0 aliphatic heterocycles. The van der Waals surface area contributed by atoms with Crippen LogP contribution in [0.5, 0.6) is 0 Å². The molecule has 3 nitrogen and oxygen atoms in total. The maximum atomic E-state index is 11.6. The first-order valence-corrected chi connectivity index (χ1v) is 7.08. The van der Waals surface area contributed by atoms with Crippen molar-refractivity contribution in [3.63, 3.8) is 0 Å². The van der Waals surface area contributed by atoms with Crippen molar-refractivity contribution in [1.29, 1.82) is 0 Å². The van der Waals surface area contributed by atoms with Crippen molar-refractivity contribution in [2.75, 3.05) is 13.6 Å². The zero-order valence-electron chi connectivity index (χ0n) is 11.0. The van der Waals surface area contributed by atoms with Gasteiger partial charge in [-0.05, 0) is 32.7 Å². The van der Waals surface area contributed by atoms with Crippen molar-refractivity contribution in [3.05, 3.63) is 0 Å². The van der Waals surface area contributed by atoms with Crippen LogP contribution in [0.25, 0.3) is 0 Å². The molecule has 2 aliphatic rings. The van der Waals surface area contributed by atoms with Crippen LogP contribution >= 0.6 is 0 Å². The molecule has 17 heavy (non-hydrogen) atoms. The van der Waals surface area contributed by atoms with Crippen molar-refractivity contribution in [3.8, 4) is 0 Å². The fraction of sp³-hybridized carbons (Fsp3) is 0.929. The van der Waals surface area contributed by atoms with Gasteiger partial charge in [-0.1, -0.05) is 32.1 Å². The standard InChI is InChI=1S/C14H25NO2/c1-15(12-7-3-4-8-12)11-14(13(16)17)9-5-2-6-10-14/h12H,2-11H2,1H3,(H,16,17). The number of nitrogens with zero attached hydrogens (tertiary/aromatic N) is 1. The summed E-state index contributed by atoms with van der Waals surface area (Å²) in [5.41, 5.74) is -0.449. The van der Waals surface area contributed by atoms with E-state index in [1.165, 1.54) is 32.1 Å². The molecule has 0 amide bonds. The van der Waals surface area contributed by atoms with E-state index in [2.05, 4.69) is 11.9 Å². The third kappa shape index (κ3) is 2.82. The summed E-state index contributed by atoms with van der Waals surface area (Å²) in [6.45, 7) is 0.757. The number of carboxylic acid groups (broad SMARTS) is 1. The summed E-state index contributed by atoms with van der Waals surface area (Å²) in [4.78, 5) is 13.9. The second-order valence-corrected chi connectivity index (χ2v) is 6.00. The Morgan fingerprint density at radius 3 is 2.29 bits per heavy atom. The van der Waals surface area contributed by atoms with Crippen molar-refractivity contribution >= 4 is 5.97 Å². The monoisotopic (exact) mass is 239 g/mol. The van der Waals surface area contributed by atoms with E-state index < -0.39 is 11.4 Å². The second kappa shape index (κ2) is 5.38. The van der Waals surface area contributed by atoms with Crippen LogP contribution in [0.3, 0.4) is 0 Å². The number of rotatable bonds is 4. The molecule has 0 bridgehead atoms. The predicted octanol–water partition coefficient (Wildman–Crippen LogP) is 2.90. The van der Waals surface area contributed by atoms with E-state index in [9.17, 15) is 9.90 Å². The lowest BCUT2D eigenvalue weighted by Gasteiger charge is -2.38. The minimum atomic E-state index is -0.568. The molecule has 0 aromatic heterocycles. The first kappa shape index (κ1) is 12.9. The van der Waals surface area contributed by atoms with E-state index in [1.54, 1.807) is 0 Å². The van der Waals surface area contributed by atoms with E-state index >= 15 is 0 Å². The first-order chi connectivity index (χ1) is 8.14. The zero-order chi connectivity index (χ0) is 12.3. The van der Waals surface area contributed by atoms with E-state index in [1.807, 2.05) is 0 Å². The van der Waals surface area contributed by atoms with Crippen LogP contribution in [0.1, 0.15) is 57.8 Å². The lowest BCUT2D eigenvalue weighted by molar-refractivity contribution is -0.152. The highest BCUT2D eigenvalue weighted by molar-refractivity contribution is 5.75.